The molecule has 0 bridgehead atoms. The Morgan fingerprint density at radius 3 is 2.71 bits per heavy atom. The van der Waals surface area contributed by atoms with Crippen LogP contribution >= 0.6 is 0 Å². The molecule has 7 nitrogen and oxygen atoms in total. The molecule has 2 unspecified atom stereocenters. The molecule has 0 aromatic heterocycles. The molecule has 0 spiro atoms. The molecule has 1 aromatic rings. The molecule has 0 N–H and O–H groups in total. The number of carbonyl (C=O) groups excluding carboxylic acids is 1. The van der Waals surface area contributed by atoms with Crippen molar-refractivity contribution in [3.05, 3.63) is 76.8 Å². The minimum atomic E-state index is -0.420. The van der Waals surface area contributed by atoms with Crippen molar-refractivity contribution in [1.82, 2.24) is 14.7 Å². The van der Waals surface area contributed by atoms with Gasteiger partial charge in [-0.1, -0.05) is 24.8 Å². The number of fused-ring (bicyclic) bond motifs is 2. The quantitative estimate of drug-likeness (QED) is 0.503. The second kappa shape index (κ2) is 11.7. The molecule has 1 amide bonds. The summed E-state index contributed by atoms with van der Waals surface area (Å²) in [5.41, 5.74) is 5.20. The minimum absolute atomic E-state index is 0.102. The molecule has 1 aromatic carbocycles. The molecule has 3 aliphatic heterocycles. The number of benzene rings is 1. The number of dihydropyridines is 1. The number of piperazine rings is 1. The Morgan fingerprint density at radius 2 is 1.98 bits per heavy atom. The number of aliphatic imine (C=N–C) groups is 1. The minimum Gasteiger partial charge on any atom is -0.475 e. The van der Waals surface area contributed by atoms with Gasteiger partial charge in [-0.25, -0.2) is 9.38 Å². The lowest BCUT2D eigenvalue weighted by molar-refractivity contribution is -0.127. The average Bonchev–Trinajstić information content (AvgIpc) is 3.42. The van der Waals surface area contributed by atoms with E-state index in [0.29, 0.717) is 49.8 Å². The average molecular weight is 556 g/mol. The first kappa shape index (κ1) is 27.5. The fourth-order valence-corrected chi connectivity index (χ4v) is 7.03. The lowest BCUT2D eigenvalue weighted by Crippen LogP contribution is -2.50. The van der Waals surface area contributed by atoms with Gasteiger partial charge in [-0.2, -0.15) is 5.26 Å². The third-order valence-electron chi connectivity index (χ3n) is 9.33. The van der Waals surface area contributed by atoms with Crippen molar-refractivity contribution in [2.24, 2.45) is 10.9 Å². The molecule has 41 heavy (non-hydrogen) atoms. The third-order valence-corrected chi connectivity index (χ3v) is 9.33. The van der Waals surface area contributed by atoms with Gasteiger partial charge in [-0.05, 0) is 87.0 Å². The summed E-state index contributed by atoms with van der Waals surface area (Å²) in [6, 6.07) is 8.46. The van der Waals surface area contributed by atoms with E-state index in [2.05, 4.69) is 35.6 Å². The van der Waals surface area contributed by atoms with Crippen LogP contribution in [0.2, 0.25) is 0 Å². The molecule has 2 fully saturated rings. The Balaban J connectivity index is 1.37. The highest BCUT2D eigenvalue weighted by molar-refractivity contribution is 6.00. The number of rotatable bonds is 5. The second-order valence-electron chi connectivity index (χ2n) is 11.7. The fourth-order valence-electron chi connectivity index (χ4n) is 7.03. The van der Waals surface area contributed by atoms with Crippen LogP contribution in [-0.2, 0) is 22.4 Å². The summed E-state index contributed by atoms with van der Waals surface area (Å²) >= 11 is 0. The predicted octanol–water partition coefficient (Wildman–Crippen LogP) is 4.43. The van der Waals surface area contributed by atoms with Crippen LogP contribution in [-0.4, -0.2) is 85.0 Å². The summed E-state index contributed by atoms with van der Waals surface area (Å²) in [5, 5.41) is 10.4. The van der Waals surface area contributed by atoms with Crippen molar-refractivity contribution in [3.63, 3.8) is 0 Å². The van der Waals surface area contributed by atoms with Crippen LogP contribution < -0.4 is 0 Å². The molecule has 2 aliphatic carbocycles. The van der Waals surface area contributed by atoms with Gasteiger partial charge >= 0.3 is 0 Å². The van der Waals surface area contributed by atoms with Crippen LogP contribution in [0.3, 0.4) is 0 Å². The summed E-state index contributed by atoms with van der Waals surface area (Å²) in [6.45, 7) is 7.20. The molecule has 2 saturated heterocycles. The van der Waals surface area contributed by atoms with Crippen molar-refractivity contribution in [3.8, 4) is 6.07 Å². The highest BCUT2D eigenvalue weighted by atomic mass is 19.1. The number of likely N-dealkylation sites (N-methyl/N-ethyl adjacent to an activating group) is 1. The number of ether oxygens (including phenoxy) is 1. The lowest BCUT2D eigenvalue weighted by Gasteiger charge is -2.42. The first-order valence-corrected chi connectivity index (χ1v) is 14.9. The zero-order valence-electron chi connectivity index (χ0n) is 23.8. The highest BCUT2D eigenvalue weighted by Crippen LogP contribution is 2.42. The number of hydrogen-bond donors (Lipinski definition) is 0. The van der Waals surface area contributed by atoms with Crippen LogP contribution in [0.4, 0.5) is 4.39 Å². The van der Waals surface area contributed by atoms with Crippen molar-refractivity contribution in [2.45, 2.75) is 50.6 Å². The molecule has 0 radical (unpaired) electrons. The number of nitrogens with zero attached hydrogens (tertiary/aromatic N) is 5. The number of carbonyl (C=O) groups is 1. The number of allylic oxidation sites excluding steroid dienone is 2. The van der Waals surface area contributed by atoms with Crippen LogP contribution in [0.5, 0.6) is 0 Å². The fraction of sp³-hybridized carbons (Fsp3) is 0.485. The maximum atomic E-state index is 16.1. The number of aryl methyl sites for hydroxylation is 1. The van der Waals surface area contributed by atoms with Crippen molar-refractivity contribution >= 4 is 17.4 Å². The van der Waals surface area contributed by atoms with E-state index in [1.165, 1.54) is 17.2 Å². The molecule has 214 valence electrons. The second-order valence-corrected chi connectivity index (χ2v) is 11.7. The van der Waals surface area contributed by atoms with Gasteiger partial charge in [0.25, 0.3) is 0 Å². The first-order valence-electron chi connectivity index (χ1n) is 14.9. The largest absolute Gasteiger partial charge is 0.475 e. The smallest absolute Gasteiger partial charge is 0.246 e. The lowest BCUT2D eigenvalue weighted by atomic mass is 9.79. The van der Waals surface area contributed by atoms with Gasteiger partial charge in [0.05, 0.1) is 6.04 Å². The molecular weight excluding hydrogens is 517 g/mol. The molecular formula is C33H38FN5O2. The summed E-state index contributed by atoms with van der Waals surface area (Å²) in [7, 11) is 2.10. The van der Waals surface area contributed by atoms with Gasteiger partial charge in [0.15, 0.2) is 0 Å². The van der Waals surface area contributed by atoms with E-state index in [4.69, 9.17) is 9.73 Å². The SMILES string of the molecule is C=CC(=O)N1CCN(C2=C(C#N)C(OC[C@@H]3CCCN3C)=NC3C=C(c4cccc5c4CCCC5)C(F)=CC23)CC1. The van der Waals surface area contributed by atoms with E-state index in [-0.39, 0.29) is 23.8 Å². The summed E-state index contributed by atoms with van der Waals surface area (Å²) in [5.74, 6) is -0.451. The summed E-state index contributed by atoms with van der Waals surface area (Å²) in [4.78, 5) is 23.4. The number of likely N-dealkylation sites (tertiary alicyclic amines) is 1. The highest BCUT2D eigenvalue weighted by Gasteiger charge is 2.40. The zero-order valence-corrected chi connectivity index (χ0v) is 23.8. The van der Waals surface area contributed by atoms with Crippen LogP contribution in [0.25, 0.3) is 5.57 Å². The van der Waals surface area contributed by atoms with E-state index in [1.807, 2.05) is 18.2 Å². The number of amides is 1. The topological polar surface area (TPSA) is 72.2 Å². The van der Waals surface area contributed by atoms with E-state index >= 15 is 4.39 Å². The summed E-state index contributed by atoms with van der Waals surface area (Å²) in [6.07, 6.45) is 11.4. The molecule has 0 saturated carbocycles. The Kier molecular flexibility index (Phi) is 7.81. The molecule has 3 atom stereocenters. The normalized spacial score (nSPS) is 26.4. The van der Waals surface area contributed by atoms with Crippen LogP contribution in [0, 0.1) is 17.2 Å². The van der Waals surface area contributed by atoms with E-state index in [1.54, 1.807) is 11.0 Å². The van der Waals surface area contributed by atoms with Crippen LogP contribution in [0.15, 0.2) is 65.1 Å². The maximum absolute atomic E-state index is 16.1. The van der Waals surface area contributed by atoms with Gasteiger partial charge in [-0.15, -0.1) is 0 Å². The van der Waals surface area contributed by atoms with Gasteiger partial charge in [0.1, 0.15) is 24.1 Å². The third kappa shape index (κ3) is 5.24. The first-order chi connectivity index (χ1) is 20.0. The Hall–Kier alpha value is -3.70. The molecule has 3 heterocycles. The zero-order chi connectivity index (χ0) is 28.5. The molecule has 8 heteroatoms. The molecule has 5 aliphatic rings. The Bertz CT molecular complexity index is 1390. The standard InChI is InChI=1S/C33H38FN5O2/c1-3-31(40)38-14-16-39(17-15-38)32-27-18-29(34)26(25-12-6-9-22-8-4-5-11-24(22)25)19-30(27)36-33(28(32)20-35)41-21-23-10-7-13-37(23)2/h3,6,9,12,18-19,23,27,30H,1,4-5,7-8,10-11,13-17,21H2,2H3/t23-,27?,30?/m0/s1. The van der Waals surface area contributed by atoms with Crippen molar-refractivity contribution in [1.29, 1.82) is 5.26 Å². The van der Waals surface area contributed by atoms with Crippen LogP contribution in [0.1, 0.15) is 42.4 Å². The van der Waals surface area contributed by atoms with E-state index < -0.39 is 5.92 Å². The van der Waals surface area contributed by atoms with Crippen molar-refractivity contribution in [2.75, 3.05) is 46.4 Å². The van der Waals surface area contributed by atoms with Gasteiger partial charge in [-0.3, -0.25) is 4.79 Å². The molecule has 6 rings (SSSR count). The number of nitriles is 1. The van der Waals surface area contributed by atoms with Gasteiger partial charge in [0.2, 0.25) is 11.8 Å². The van der Waals surface area contributed by atoms with Gasteiger partial charge < -0.3 is 19.4 Å². The van der Waals surface area contributed by atoms with Gasteiger partial charge in [0, 0.05) is 49.4 Å². The number of hydrogen-bond acceptors (Lipinski definition) is 6. The summed E-state index contributed by atoms with van der Waals surface area (Å²) < 4.78 is 22.4. The van der Waals surface area contributed by atoms with E-state index in [9.17, 15) is 10.1 Å². The van der Waals surface area contributed by atoms with E-state index in [0.717, 1.165) is 56.3 Å². The number of halogens is 1. The monoisotopic (exact) mass is 555 g/mol. The Morgan fingerprint density at radius 1 is 1.17 bits per heavy atom. The van der Waals surface area contributed by atoms with Crippen molar-refractivity contribution < 1.29 is 13.9 Å². The predicted molar refractivity (Wildman–Crippen MR) is 158 cm³/mol. The Labute approximate surface area is 242 Å². The maximum Gasteiger partial charge on any atom is 0.246 e.